The van der Waals surface area contributed by atoms with Crippen LogP contribution in [0.15, 0.2) is 61.2 Å². The zero-order valence-electron chi connectivity index (χ0n) is 12.7. The highest BCUT2D eigenvalue weighted by atomic mass is 16.5. The highest BCUT2D eigenvalue weighted by molar-refractivity contribution is 5.97. The fraction of sp³-hybridized carbons (Fsp3) is 0.211. The number of para-hydroxylation sites is 2. The van der Waals surface area contributed by atoms with Crippen LogP contribution in [0.4, 0.5) is 0 Å². The number of rotatable bonds is 8. The molecule has 0 amide bonds. The van der Waals surface area contributed by atoms with E-state index in [9.17, 15) is 4.79 Å². The van der Waals surface area contributed by atoms with Crippen LogP contribution >= 0.6 is 0 Å². The Morgan fingerprint density at radius 1 is 1.05 bits per heavy atom. The molecule has 0 aliphatic rings. The van der Waals surface area contributed by atoms with Gasteiger partial charge >= 0.3 is 0 Å². The molecule has 114 valence electrons. The predicted molar refractivity (Wildman–Crippen MR) is 87.8 cm³/mol. The van der Waals surface area contributed by atoms with E-state index in [-0.39, 0.29) is 5.78 Å². The molecule has 0 heterocycles. The molecule has 0 aromatic heterocycles. The topological polar surface area (TPSA) is 35.5 Å². The second-order valence-corrected chi connectivity index (χ2v) is 4.85. The van der Waals surface area contributed by atoms with Gasteiger partial charge in [-0.2, -0.15) is 0 Å². The molecule has 3 nitrogen and oxygen atoms in total. The molecule has 3 heteroatoms. The summed E-state index contributed by atoms with van der Waals surface area (Å²) >= 11 is 0. The third-order valence-corrected chi connectivity index (χ3v) is 3.18. The molecule has 2 aromatic rings. The summed E-state index contributed by atoms with van der Waals surface area (Å²) in [5, 5.41) is 0. The van der Waals surface area contributed by atoms with Crippen molar-refractivity contribution in [3.8, 4) is 11.5 Å². The van der Waals surface area contributed by atoms with Gasteiger partial charge in [0.15, 0.2) is 5.78 Å². The van der Waals surface area contributed by atoms with Crippen LogP contribution in [-0.4, -0.2) is 19.0 Å². The lowest BCUT2D eigenvalue weighted by molar-refractivity contribution is 0.101. The molecule has 0 radical (unpaired) electrons. The minimum absolute atomic E-state index is 0.00936. The van der Waals surface area contributed by atoms with Gasteiger partial charge in [0.25, 0.3) is 0 Å². The lowest BCUT2D eigenvalue weighted by Crippen LogP contribution is -2.12. The molecular formula is C19H20O3. The first-order valence-electron chi connectivity index (χ1n) is 7.26. The largest absolute Gasteiger partial charge is 0.490 e. The second-order valence-electron chi connectivity index (χ2n) is 4.85. The van der Waals surface area contributed by atoms with Crippen molar-refractivity contribution in [2.75, 3.05) is 13.2 Å². The lowest BCUT2D eigenvalue weighted by atomic mass is 10.0. The van der Waals surface area contributed by atoms with E-state index < -0.39 is 0 Å². The Labute approximate surface area is 131 Å². The number of benzene rings is 2. The summed E-state index contributed by atoms with van der Waals surface area (Å²) in [5.41, 5.74) is 1.56. The Kier molecular flexibility index (Phi) is 5.78. The van der Waals surface area contributed by atoms with Crippen molar-refractivity contribution in [3.05, 3.63) is 72.3 Å². The lowest BCUT2D eigenvalue weighted by Gasteiger charge is -2.14. The fourth-order valence-corrected chi connectivity index (χ4v) is 2.17. The number of hydrogen-bond donors (Lipinski definition) is 0. The first-order chi connectivity index (χ1) is 10.7. The van der Waals surface area contributed by atoms with E-state index in [1.807, 2.05) is 42.5 Å². The van der Waals surface area contributed by atoms with Crippen LogP contribution < -0.4 is 9.47 Å². The summed E-state index contributed by atoms with van der Waals surface area (Å²) in [5.74, 6) is 1.42. The molecule has 0 unspecified atom stereocenters. The molecule has 0 aliphatic carbocycles. The molecule has 0 spiro atoms. The number of carbonyl (C=O) groups is 1. The van der Waals surface area contributed by atoms with E-state index >= 15 is 0 Å². The molecule has 0 saturated carbocycles. The normalized spacial score (nSPS) is 10.0. The van der Waals surface area contributed by atoms with E-state index in [1.54, 1.807) is 19.1 Å². The van der Waals surface area contributed by atoms with Gasteiger partial charge in [0.2, 0.25) is 0 Å². The van der Waals surface area contributed by atoms with E-state index in [4.69, 9.17) is 9.47 Å². The summed E-state index contributed by atoms with van der Waals surface area (Å²) in [4.78, 5) is 11.7. The molecule has 0 saturated heterocycles. The SMILES string of the molecule is C=CCc1cccc(C(C)=O)c1OCCOc1ccccc1. The van der Waals surface area contributed by atoms with Crippen LogP contribution in [0.5, 0.6) is 11.5 Å². The van der Waals surface area contributed by atoms with Gasteiger partial charge in [0.05, 0.1) is 5.56 Å². The quantitative estimate of drug-likeness (QED) is 0.418. The van der Waals surface area contributed by atoms with Crippen LogP contribution in [0.25, 0.3) is 0 Å². The van der Waals surface area contributed by atoms with Crippen molar-refractivity contribution in [3.63, 3.8) is 0 Å². The average Bonchev–Trinajstić information content (AvgIpc) is 2.53. The molecule has 2 rings (SSSR count). The highest BCUT2D eigenvalue weighted by Gasteiger charge is 2.12. The van der Waals surface area contributed by atoms with Crippen molar-refractivity contribution in [1.82, 2.24) is 0 Å². The third kappa shape index (κ3) is 4.22. The minimum Gasteiger partial charge on any atom is -0.490 e. The smallest absolute Gasteiger partial charge is 0.163 e. The summed E-state index contributed by atoms with van der Waals surface area (Å²) < 4.78 is 11.4. The van der Waals surface area contributed by atoms with Crippen molar-refractivity contribution < 1.29 is 14.3 Å². The predicted octanol–water partition coefficient (Wildman–Crippen LogP) is 4.08. The highest BCUT2D eigenvalue weighted by Crippen LogP contribution is 2.25. The van der Waals surface area contributed by atoms with Gasteiger partial charge in [-0.05, 0) is 37.1 Å². The summed E-state index contributed by atoms with van der Waals surface area (Å²) in [6.45, 7) is 6.08. The van der Waals surface area contributed by atoms with Gasteiger partial charge in [-0.15, -0.1) is 6.58 Å². The molecule has 0 aliphatic heterocycles. The van der Waals surface area contributed by atoms with Gasteiger partial charge in [-0.3, -0.25) is 4.79 Å². The molecule has 0 bridgehead atoms. The number of Topliss-reactive ketones (excluding diaryl/α,β-unsaturated/α-hetero) is 1. The van der Waals surface area contributed by atoms with E-state index in [1.165, 1.54) is 0 Å². The zero-order chi connectivity index (χ0) is 15.8. The first-order valence-corrected chi connectivity index (χ1v) is 7.26. The van der Waals surface area contributed by atoms with Gasteiger partial charge < -0.3 is 9.47 Å². The summed E-state index contributed by atoms with van der Waals surface area (Å²) in [6.07, 6.45) is 2.46. The molecular weight excluding hydrogens is 276 g/mol. The standard InChI is InChI=1S/C19H20O3/c1-3-8-16-9-7-12-18(15(2)20)19(16)22-14-13-21-17-10-5-4-6-11-17/h3-7,9-12H,1,8,13-14H2,2H3. The van der Waals surface area contributed by atoms with Gasteiger partial charge in [-0.1, -0.05) is 36.4 Å². The maximum Gasteiger partial charge on any atom is 0.163 e. The number of ketones is 1. The molecule has 22 heavy (non-hydrogen) atoms. The van der Waals surface area contributed by atoms with Crippen molar-refractivity contribution in [1.29, 1.82) is 0 Å². The Bertz CT molecular complexity index is 632. The van der Waals surface area contributed by atoms with Gasteiger partial charge in [-0.25, -0.2) is 0 Å². The molecule has 0 fully saturated rings. The van der Waals surface area contributed by atoms with E-state index in [0.717, 1.165) is 11.3 Å². The number of carbonyl (C=O) groups excluding carboxylic acids is 1. The monoisotopic (exact) mass is 296 g/mol. The Morgan fingerprint density at radius 3 is 2.45 bits per heavy atom. The second kappa shape index (κ2) is 8.03. The Morgan fingerprint density at radius 2 is 1.77 bits per heavy atom. The van der Waals surface area contributed by atoms with E-state index in [0.29, 0.717) is 30.9 Å². The first kappa shape index (κ1) is 15.8. The average molecular weight is 296 g/mol. The van der Waals surface area contributed by atoms with Crippen molar-refractivity contribution in [2.45, 2.75) is 13.3 Å². The Hall–Kier alpha value is -2.55. The minimum atomic E-state index is -0.00936. The zero-order valence-corrected chi connectivity index (χ0v) is 12.7. The van der Waals surface area contributed by atoms with Crippen LogP contribution in [0.3, 0.4) is 0 Å². The Balaban J connectivity index is 2.01. The number of hydrogen-bond acceptors (Lipinski definition) is 3. The van der Waals surface area contributed by atoms with Crippen molar-refractivity contribution >= 4 is 5.78 Å². The number of allylic oxidation sites excluding steroid dienone is 1. The summed E-state index contributed by atoms with van der Waals surface area (Å²) in [6, 6.07) is 15.2. The van der Waals surface area contributed by atoms with E-state index in [2.05, 4.69) is 6.58 Å². The van der Waals surface area contributed by atoms with Crippen LogP contribution in [-0.2, 0) is 6.42 Å². The van der Waals surface area contributed by atoms with Crippen LogP contribution in [0, 0.1) is 0 Å². The van der Waals surface area contributed by atoms with Crippen LogP contribution in [0.1, 0.15) is 22.8 Å². The molecule has 0 N–H and O–H groups in total. The molecule has 0 atom stereocenters. The maximum atomic E-state index is 11.7. The molecule has 2 aromatic carbocycles. The van der Waals surface area contributed by atoms with Crippen LogP contribution in [0.2, 0.25) is 0 Å². The maximum absolute atomic E-state index is 11.7. The fourth-order valence-electron chi connectivity index (χ4n) is 2.17. The van der Waals surface area contributed by atoms with Gasteiger partial charge in [0, 0.05) is 0 Å². The third-order valence-electron chi connectivity index (χ3n) is 3.18. The number of ether oxygens (including phenoxy) is 2. The van der Waals surface area contributed by atoms with Gasteiger partial charge in [0.1, 0.15) is 24.7 Å². The summed E-state index contributed by atoms with van der Waals surface area (Å²) in [7, 11) is 0. The van der Waals surface area contributed by atoms with Crippen molar-refractivity contribution in [2.24, 2.45) is 0 Å².